The average Bonchev–Trinajstić information content (AvgIpc) is 3.14. The number of nitrogens with one attached hydrogen (secondary N) is 4. The maximum Gasteiger partial charge on any atom is 0.229 e. The molecule has 11 heteroatoms. The molecule has 3 aromatic rings. The van der Waals surface area contributed by atoms with Gasteiger partial charge < -0.3 is 21.4 Å². The normalized spacial score (nSPS) is 11.3. The maximum absolute atomic E-state index is 13.8. The Kier molecular flexibility index (Phi) is 6.91. The molecule has 0 spiro atoms. The minimum atomic E-state index is -0.667. The van der Waals surface area contributed by atoms with Gasteiger partial charge in [0.05, 0.1) is 18.1 Å². The van der Waals surface area contributed by atoms with Crippen molar-refractivity contribution in [2.45, 2.75) is 13.1 Å². The van der Waals surface area contributed by atoms with E-state index in [1.807, 2.05) is 13.2 Å². The molecule has 2 aromatic heterocycles. The molecule has 0 aliphatic rings. The van der Waals surface area contributed by atoms with E-state index in [4.69, 9.17) is 17.0 Å². The Morgan fingerprint density at radius 1 is 1.23 bits per heavy atom. The van der Waals surface area contributed by atoms with Crippen molar-refractivity contribution >= 4 is 29.6 Å². The predicted molar refractivity (Wildman–Crippen MR) is 111 cm³/mol. The van der Waals surface area contributed by atoms with Crippen molar-refractivity contribution in [3.05, 3.63) is 76.5 Å². The first kappa shape index (κ1) is 21.2. The van der Waals surface area contributed by atoms with E-state index < -0.39 is 11.6 Å². The van der Waals surface area contributed by atoms with Crippen molar-refractivity contribution in [2.24, 2.45) is 7.05 Å². The Hall–Kier alpha value is -3.53. The molecule has 0 fully saturated rings. The summed E-state index contributed by atoms with van der Waals surface area (Å²) >= 11 is 6.08. The van der Waals surface area contributed by atoms with Crippen molar-refractivity contribution in [3.8, 4) is 0 Å². The van der Waals surface area contributed by atoms with Gasteiger partial charge in [0.1, 0.15) is 16.7 Å². The first-order chi connectivity index (χ1) is 14.5. The molecular formula is C19H19ClF2N8. The van der Waals surface area contributed by atoms with E-state index in [0.29, 0.717) is 12.2 Å². The summed E-state index contributed by atoms with van der Waals surface area (Å²) in [6.45, 7) is 0.379. The largest absolute Gasteiger partial charge is 0.385 e. The number of halogens is 3. The molecule has 0 amide bonds. The number of aromatic nitrogens is 4. The topological polar surface area (TPSA) is 104 Å². The zero-order valence-corrected chi connectivity index (χ0v) is 16.7. The second-order valence-corrected chi connectivity index (χ2v) is 6.62. The maximum atomic E-state index is 13.8. The van der Waals surface area contributed by atoms with Gasteiger partial charge in [-0.3, -0.25) is 4.68 Å². The SMILES string of the molecule is Cn1cc(CN/C=C(\C=N)Nc2ncc(Cl)c(NCc3c(F)cccc3F)n2)cn1. The van der Waals surface area contributed by atoms with Crippen LogP contribution in [0.1, 0.15) is 11.1 Å². The van der Waals surface area contributed by atoms with Gasteiger partial charge in [0, 0.05) is 49.9 Å². The molecule has 0 saturated heterocycles. The Morgan fingerprint density at radius 3 is 2.67 bits per heavy atom. The zero-order valence-electron chi connectivity index (χ0n) is 16.0. The fraction of sp³-hybridized carbons (Fsp3) is 0.158. The molecule has 3 rings (SSSR count). The zero-order chi connectivity index (χ0) is 21.5. The Morgan fingerprint density at radius 2 is 2.00 bits per heavy atom. The highest BCUT2D eigenvalue weighted by Gasteiger charge is 2.11. The molecule has 0 radical (unpaired) electrons. The molecule has 8 nitrogen and oxygen atoms in total. The standard InChI is InChI=1S/C19H19ClF2N8/c1-30-11-12(7-27-30)6-24-8-13(5-23)28-19-26-10-15(20)18(29-19)25-9-14-16(21)3-2-4-17(14)22/h2-5,7-8,10-11,23-24H,6,9H2,1H3,(H2,25,26,28,29)/b13-8+,23-5?. The van der Waals surface area contributed by atoms with Gasteiger partial charge in [-0.2, -0.15) is 10.1 Å². The Bertz CT molecular complexity index is 1050. The molecule has 0 aliphatic carbocycles. The van der Waals surface area contributed by atoms with Gasteiger partial charge in [-0.25, -0.2) is 13.8 Å². The molecule has 0 atom stereocenters. The van der Waals surface area contributed by atoms with E-state index >= 15 is 0 Å². The first-order valence-corrected chi connectivity index (χ1v) is 9.22. The van der Waals surface area contributed by atoms with Gasteiger partial charge in [-0.15, -0.1) is 0 Å². The van der Waals surface area contributed by atoms with Crippen LogP contribution in [0.5, 0.6) is 0 Å². The number of hydrogen-bond donors (Lipinski definition) is 4. The van der Waals surface area contributed by atoms with Crippen LogP contribution in [0.25, 0.3) is 0 Å². The minimum Gasteiger partial charge on any atom is -0.385 e. The van der Waals surface area contributed by atoms with E-state index in [1.54, 1.807) is 17.1 Å². The molecule has 0 bridgehead atoms. The lowest BCUT2D eigenvalue weighted by Crippen LogP contribution is -2.12. The summed E-state index contributed by atoms with van der Waals surface area (Å²) < 4.78 is 29.3. The molecule has 0 saturated carbocycles. The molecule has 1 aromatic carbocycles. The lowest BCUT2D eigenvalue weighted by atomic mass is 10.2. The summed E-state index contributed by atoms with van der Waals surface area (Å²) in [5.41, 5.74) is 1.25. The monoisotopic (exact) mass is 432 g/mol. The minimum absolute atomic E-state index is 0.124. The third-order valence-electron chi connectivity index (χ3n) is 3.97. The van der Waals surface area contributed by atoms with Gasteiger partial charge >= 0.3 is 0 Å². The summed E-state index contributed by atoms with van der Waals surface area (Å²) in [5, 5.41) is 20.5. The summed E-state index contributed by atoms with van der Waals surface area (Å²) in [5.74, 6) is -0.974. The summed E-state index contributed by atoms with van der Waals surface area (Å²) in [7, 11) is 1.83. The van der Waals surface area contributed by atoms with E-state index in [2.05, 4.69) is 31.0 Å². The molecule has 0 unspecified atom stereocenters. The fourth-order valence-corrected chi connectivity index (χ4v) is 2.67. The number of nitrogens with zero attached hydrogens (tertiary/aromatic N) is 4. The summed E-state index contributed by atoms with van der Waals surface area (Å²) in [6.07, 6.45) is 7.64. The summed E-state index contributed by atoms with van der Waals surface area (Å²) in [6, 6.07) is 3.64. The van der Waals surface area contributed by atoms with Gasteiger partial charge in [0.2, 0.25) is 5.95 Å². The molecule has 4 N–H and O–H groups in total. The molecule has 30 heavy (non-hydrogen) atoms. The average molecular weight is 433 g/mol. The van der Waals surface area contributed by atoms with Crippen molar-refractivity contribution in [3.63, 3.8) is 0 Å². The third kappa shape index (κ3) is 5.51. The van der Waals surface area contributed by atoms with Crippen LogP contribution in [-0.2, 0) is 20.1 Å². The lowest BCUT2D eigenvalue weighted by molar-refractivity contribution is 0.560. The van der Waals surface area contributed by atoms with E-state index in [1.165, 1.54) is 24.4 Å². The quantitative estimate of drug-likeness (QED) is 0.386. The van der Waals surface area contributed by atoms with Gasteiger partial charge in [0.15, 0.2) is 5.82 Å². The second-order valence-electron chi connectivity index (χ2n) is 6.22. The fourth-order valence-electron chi connectivity index (χ4n) is 2.51. The van der Waals surface area contributed by atoms with Crippen molar-refractivity contribution in [2.75, 3.05) is 10.6 Å². The number of benzene rings is 1. The number of anilines is 2. The smallest absolute Gasteiger partial charge is 0.229 e. The lowest BCUT2D eigenvalue weighted by Gasteiger charge is -2.11. The Labute approximate surface area is 176 Å². The van der Waals surface area contributed by atoms with E-state index in [9.17, 15) is 8.78 Å². The first-order valence-electron chi connectivity index (χ1n) is 8.84. The molecule has 156 valence electrons. The third-order valence-corrected chi connectivity index (χ3v) is 4.25. The van der Waals surface area contributed by atoms with Crippen LogP contribution in [0.3, 0.4) is 0 Å². The number of hydrogen-bond acceptors (Lipinski definition) is 7. The van der Waals surface area contributed by atoms with Gasteiger partial charge in [-0.1, -0.05) is 17.7 Å². The second kappa shape index (κ2) is 9.79. The highest BCUT2D eigenvalue weighted by Crippen LogP contribution is 2.22. The number of aryl methyl sites for hydroxylation is 1. The molecule has 2 heterocycles. The number of allylic oxidation sites excluding steroid dienone is 1. The van der Waals surface area contributed by atoms with E-state index in [-0.39, 0.29) is 28.9 Å². The van der Waals surface area contributed by atoms with Crippen LogP contribution in [0.2, 0.25) is 5.02 Å². The van der Waals surface area contributed by atoms with Crippen LogP contribution >= 0.6 is 11.6 Å². The van der Waals surface area contributed by atoms with Crippen LogP contribution in [0.4, 0.5) is 20.5 Å². The van der Waals surface area contributed by atoms with Crippen molar-refractivity contribution in [1.82, 2.24) is 25.1 Å². The van der Waals surface area contributed by atoms with Gasteiger partial charge in [-0.05, 0) is 12.1 Å². The van der Waals surface area contributed by atoms with Crippen molar-refractivity contribution < 1.29 is 8.78 Å². The van der Waals surface area contributed by atoms with Crippen LogP contribution in [0, 0.1) is 17.0 Å². The number of rotatable bonds is 9. The van der Waals surface area contributed by atoms with E-state index in [0.717, 1.165) is 11.8 Å². The predicted octanol–water partition coefficient (Wildman–Crippen LogP) is 3.45. The highest BCUT2D eigenvalue weighted by atomic mass is 35.5. The van der Waals surface area contributed by atoms with Gasteiger partial charge in [0.25, 0.3) is 0 Å². The summed E-state index contributed by atoms with van der Waals surface area (Å²) in [4.78, 5) is 8.27. The highest BCUT2D eigenvalue weighted by molar-refractivity contribution is 6.32. The van der Waals surface area contributed by atoms with Crippen molar-refractivity contribution in [1.29, 1.82) is 5.41 Å². The molecule has 0 aliphatic heterocycles. The van der Waals surface area contributed by atoms with Crippen LogP contribution in [-0.4, -0.2) is 26.0 Å². The molecular weight excluding hydrogens is 414 g/mol. The van der Waals surface area contributed by atoms with Crippen LogP contribution < -0.4 is 16.0 Å². The van der Waals surface area contributed by atoms with Crippen LogP contribution in [0.15, 0.2) is 48.7 Å². The Balaban J connectivity index is 1.65.